The Morgan fingerprint density at radius 1 is 1.14 bits per heavy atom. The predicted octanol–water partition coefficient (Wildman–Crippen LogP) is 5.28. The van der Waals surface area contributed by atoms with Gasteiger partial charge in [-0.25, -0.2) is 9.78 Å². The van der Waals surface area contributed by atoms with Gasteiger partial charge in [0.25, 0.3) is 0 Å². The van der Waals surface area contributed by atoms with E-state index in [4.69, 9.17) is 25.6 Å². The highest BCUT2D eigenvalue weighted by atomic mass is 35.5. The summed E-state index contributed by atoms with van der Waals surface area (Å²) in [5, 5.41) is 4.56. The molecule has 3 heterocycles. The fraction of sp³-hybridized carbons (Fsp3) is 0.654. The van der Waals surface area contributed by atoms with E-state index >= 15 is 0 Å². The standard InChI is InChI=1S/C26H33ClN4O5/c1-25(2,3)35-24(33)31-13-9-16(10-14-31)34-20-15-19(27)28-23(29-20)21-17-7-6-12-26(22(17)36-30-21)11-5-4-8-18(26)32/h15-16H,4-14H2,1-3H3/t26-/m1/s1. The van der Waals surface area contributed by atoms with Crippen LogP contribution in [0.2, 0.25) is 5.15 Å². The quantitative estimate of drug-likeness (QED) is 0.507. The van der Waals surface area contributed by atoms with Gasteiger partial charge in [0.1, 0.15) is 22.6 Å². The van der Waals surface area contributed by atoms with Crippen molar-refractivity contribution >= 4 is 23.5 Å². The molecule has 1 saturated carbocycles. The van der Waals surface area contributed by atoms with E-state index in [2.05, 4.69) is 15.1 Å². The van der Waals surface area contributed by atoms with E-state index in [1.165, 1.54) is 0 Å². The van der Waals surface area contributed by atoms with Crippen molar-refractivity contribution in [3.8, 4) is 17.4 Å². The number of ketones is 1. The fourth-order valence-electron chi connectivity index (χ4n) is 5.59. The average Bonchev–Trinajstić information content (AvgIpc) is 3.26. The molecule has 2 fully saturated rings. The fourth-order valence-corrected chi connectivity index (χ4v) is 5.76. The second-order valence-corrected chi connectivity index (χ2v) is 11.4. The summed E-state index contributed by atoms with van der Waals surface area (Å²) in [5.74, 6) is 1.64. The molecule has 0 bridgehead atoms. The maximum absolute atomic E-state index is 13.0. The Labute approximate surface area is 215 Å². The van der Waals surface area contributed by atoms with Crippen molar-refractivity contribution in [3.05, 3.63) is 22.5 Å². The minimum atomic E-state index is -0.558. The molecule has 1 aliphatic heterocycles. The molecule has 1 atom stereocenters. The first-order valence-corrected chi connectivity index (χ1v) is 13.2. The molecule has 10 heteroatoms. The molecule has 2 aromatic rings. The van der Waals surface area contributed by atoms with Gasteiger partial charge in [-0.2, -0.15) is 4.98 Å². The van der Waals surface area contributed by atoms with Gasteiger partial charge in [0.05, 0.1) is 5.41 Å². The average molecular weight is 517 g/mol. The van der Waals surface area contributed by atoms with Gasteiger partial charge < -0.3 is 18.9 Å². The number of piperidine rings is 1. The van der Waals surface area contributed by atoms with Crippen molar-refractivity contribution in [1.29, 1.82) is 0 Å². The molecular formula is C26H33ClN4O5. The summed E-state index contributed by atoms with van der Waals surface area (Å²) in [5.41, 5.74) is 0.366. The number of ether oxygens (including phenoxy) is 2. The highest BCUT2D eigenvalue weighted by molar-refractivity contribution is 6.29. The SMILES string of the molecule is CC(C)(C)OC(=O)N1CCC(Oc2cc(Cl)nc(-c3noc4c3CCC[C@@]43CCCCC3=O)n2)CC1. The first kappa shape index (κ1) is 25.0. The zero-order valence-electron chi connectivity index (χ0n) is 21.1. The predicted molar refractivity (Wildman–Crippen MR) is 132 cm³/mol. The van der Waals surface area contributed by atoms with Gasteiger partial charge in [0.15, 0.2) is 17.3 Å². The maximum atomic E-state index is 13.0. The Balaban J connectivity index is 1.31. The second-order valence-electron chi connectivity index (χ2n) is 11.0. The molecule has 0 N–H and O–H groups in total. The molecule has 36 heavy (non-hydrogen) atoms. The van der Waals surface area contributed by atoms with Crippen LogP contribution in [0.3, 0.4) is 0 Å². The van der Waals surface area contributed by atoms with Crippen LogP contribution in [0.25, 0.3) is 11.5 Å². The zero-order valence-corrected chi connectivity index (χ0v) is 21.9. The molecule has 194 valence electrons. The number of amides is 1. The number of hydrogen-bond acceptors (Lipinski definition) is 8. The molecule has 1 spiro atoms. The van der Waals surface area contributed by atoms with Crippen LogP contribution in [0, 0.1) is 0 Å². The Hall–Kier alpha value is -2.68. The normalized spacial score (nSPS) is 23.0. The van der Waals surface area contributed by atoms with E-state index in [1.807, 2.05) is 20.8 Å². The summed E-state index contributed by atoms with van der Waals surface area (Å²) in [7, 11) is 0. The largest absolute Gasteiger partial charge is 0.474 e. The summed E-state index contributed by atoms with van der Waals surface area (Å²) < 4.78 is 17.4. The number of nitrogens with zero attached hydrogens (tertiary/aromatic N) is 4. The van der Waals surface area contributed by atoms with Crippen molar-refractivity contribution in [2.45, 2.75) is 95.7 Å². The van der Waals surface area contributed by atoms with Gasteiger partial charge in [-0.1, -0.05) is 23.2 Å². The lowest BCUT2D eigenvalue weighted by molar-refractivity contribution is -0.128. The molecule has 0 radical (unpaired) electrons. The molecule has 5 rings (SSSR count). The minimum Gasteiger partial charge on any atom is -0.474 e. The number of hydrogen-bond donors (Lipinski definition) is 0. The summed E-state index contributed by atoms with van der Waals surface area (Å²) >= 11 is 6.35. The smallest absolute Gasteiger partial charge is 0.410 e. The van der Waals surface area contributed by atoms with E-state index in [0.717, 1.165) is 44.1 Å². The molecule has 1 saturated heterocycles. The van der Waals surface area contributed by atoms with Crippen molar-refractivity contribution in [2.24, 2.45) is 0 Å². The second kappa shape index (κ2) is 9.65. The van der Waals surface area contributed by atoms with Crippen molar-refractivity contribution in [2.75, 3.05) is 13.1 Å². The molecule has 3 aliphatic rings. The third kappa shape index (κ3) is 4.94. The Morgan fingerprint density at radius 2 is 1.89 bits per heavy atom. The van der Waals surface area contributed by atoms with E-state index in [1.54, 1.807) is 11.0 Å². The topological polar surface area (TPSA) is 108 Å². The Bertz CT molecular complexity index is 1150. The van der Waals surface area contributed by atoms with Crippen molar-refractivity contribution < 1.29 is 23.6 Å². The number of carbonyl (C=O) groups is 2. The Morgan fingerprint density at radius 3 is 2.61 bits per heavy atom. The molecular weight excluding hydrogens is 484 g/mol. The molecule has 9 nitrogen and oxygen atoms in total. The number of carbonyl (C=O) groups excluding carboxylic acids is 2. The highest BCUT2D eigenvalue weighted by Crippen LogP contribution is 2.47. The third-order valence-electron chi connectivity index (χ3n) is 7.31. The van der Waals surface area contributed by atoms with Crippen LogP contribution in [0.5, 0.6) is 5.88 Å². The van der Waals surface area contributed by atoms with Crippen LogP contribution in [0.4, 0.5) is 4.79 Å². The van der Waals surface area contributed by atoms with Gasteiger partial charge >= 0.3 is 6.09 Å². The first-order valence-electron chi connectivity index (χ1n) is 12.9. The van der Waals surface area contributed by atoms with Crippen LogP contribution in [-0.2, 0) is 21.4 Å². The lowest BCUT2D eigenvalue weighted by Crippen LogP contribution is -2.44. The van der Waals surface area contributed by atoms with Gasteiger partial charge in [-0.15, -0.1) is 0 Å². The van der Waals surface area contributed by atoms with Gasteiger partial charge in [-0.3, -0.25) is 4.79 Å². The molecule has 0 aromatic carbocycles. The van der Waals surface area contributed by atoms with E-state index in [9.17, 15) is 9.59 Å². The Kier molecular flexibility index (Phi) is 6.70. The molecule has 1 amide bonds. The third-order valence-corrected chi connectivity index (χ3v) is 7.50. The van der Waals surface area contributed by atoms with Crippen molar-refractivity contribution in [1.82, 2.24) is 20.0 Å². The van der Waals surface area contributed by atoms with Crippen LogP contribution < -0.4 is 4.74 Å². The van der Waals surface area contributed by atoms with Crippen molar-refractivity contribution in [3.63, 3.8) is 0 Å². The summed E-state index contributed by atoms with van der Waals surface area (Å²) in [6.45, 7) is 6.65. The number of halogens is 1. The zero-order chi connectivity index (χ0) is 25.5. The monoisotopic (exact) mass is 516 g/mol. The molecule has 2 aromatic heterocycles. The summed E-state index contributed by atoms with van der Waals surface area (Å²) in [4.78, 5) is 36.0. The van der Waals surface area contributed by atoms with Crippen LogP contribution in [0.15, 0.2) is 10.6 Å². The van der Waals surface area contributed by atoms with Crippen LogP contribution in [-0.4, -0.2) is 56.7 Å². The van der Waals surface area contributed by atoms with Crippen LogP contribution >= 0.6 is 11.6 Å². The minimum absolute atomic E-state index is 0.114. The summed E-state index contributed by atoms with van der Waals surface area (Å²) in [6, 6.07) is 1.59. The summed E-state index contributed by atoms with van der Waals surface area (Å²) in [6.07, 6.45) is 6.70. The lowest BCUT2D eigenvalue weighted by atomic mass is 9.64. The lowest BCUT2D eigenvalue weighted by Gasteiger charge is -2.36. The van der Waals surface area contributed by atoms with E-state index < -0.39 is 11.0 Å². The van der Waals surface area contributed by atoms with E-state index in [-0.39, 0.29) is 23.1 Å². The number of aromatic nitrogens is 3. The number of Topliss-reactive ketones (excluding diaryl/α,β-unsaturated/α-hetero) is 1. The maximum Gasteiger partial charge on any atom is 0.410 e. The van der Waals surface area contributed by atoms with Crippen LogP contribution in [0.1, 0.15) is 83.5 Å². The number of likely N-dealkylation sites (tertiary alicyclic amines) is 1. The number of rotatable bonds is 3. The van der Waals surface area contributed by atoms with E-state index in [0.29, 0.717) is 55.5 Å². The van der Waals surface area contributed by atoms with Gasteiger partial charge in [0, 0.05) is 44.0 Å². The number of fused-ring (bicyclic) bond motifs is 2. The molecule has 0 unspecified atom stereocenters. The molecule has 2 aliphatic carbocycles. The first-order chi connectivity index (χ1) is 17.1. The van der Waals surface area contributed by atoms with Gasteiger partial charge in [-0.05, 0) is 52.9 Å². The highest BCUT2D eigenvalue weighted by Gasteiger charge is 2.48. The van der Waals surface area contributed by atoms with Gasteiger partial charge in [0.2, 0.25) is 5.88 Å².